The van der Waals surface area contributed by atoms with E-state index in [1.807, 2.05) is 47.4 Å². The Hall–Kier alpha value is -3.83. The minimum Gasteiger partial charge on any atom is -0.447 e. The molecule has 0 radical (unpaired) electrons. The largest absolute Gasteiger partial charge is 0.447 e. The summed E-state index contributed by atoms with van der Waals surface area (Å²) in [7, 11) is -3.79. The molecule has 0 spiro atoms. The van der Waals surface area contributed by atoms with Crippen LogP contribution in [-0.4, -0.2) is 79.2 Å². The van der Waals surface area contributed by atoms with E-state index >= 15 is 0 Å². The van der Waals surface area contributed by atoms with Crippen molar-refractivity contribution in [1.29, 1.82) is 0 Å². The molecule has 1 unspecified atom stereocenters. The molecule has 2 atom stereocenters. The predicted octanol–water partition coefficient (Wildman–Crippen LogP) is 4.20. The van der Waals surface area contributed by atoms with Crippen molar-refractivity contribution in [3.8, 4) is 11.1 Å². The number of benzene rings is 2. The van der Waals surface area contributed by atoms with Gasteiger partial charge in [0.15, 0.2) is 0 Å². The van der Waals surface area contributed by atoms with Crippen LogP contribution in [0.1, 0.15) is 19.4 Å². The van der Waals surface area contributed by atoms with Crippen LogP contribution in [0.15, 0.2) is 72.9 Å². The molecule has 3 heterocycles. The Morgan fingerprint density at radius 2 is 1.64 bits per heavy atom. The Morgan fingerprint density at radius 3 is 2.26 bits per heavy atom. The third-order valence-electron chi connectivity index (χ3n) is 7.91. The normalized spacial score (nSPS) is 18.8. The molecular formula is C31H35FN4O5S. The second-order valence-corrected chi connectivity index (χ2v) is 13.1. The van der Waals surface area contributed by atoms with Crippen LogP contribution in [0.25, 0.3) is 11.1 Å². The van der Waals surface area contributed by atoms with Gasteiger partial charge in [0.05, 0.1) is 17.7 Å². The molecule has 1 aromatic heterocycles. The van der Waals surface area contributed by atoms with Gasteiger partial charge in [0.25, 0.3) is 0 Å². The number of piperazine rings is 1. The average Bonchev–Trinajstić information content (AvgIpc) is 3.36. The maximum atomic E-state index is 13.6. The summed E-state index contributed by atoms with van der Waals surface area (Å²) < 4.78 is 46.9. The first-order valence-corrected chi connectivity index (χ1v) is 15.7. The highest BCUT2D eigenvalue weighted by molar-refractivity contribution is 7.89. The molecule has 2 aromatic carbocycles. The van der Waals surface area contributed by atoms with Crippen molar-refractivity contribution in [3.05, 3.63) is 84.3 Å². The number of sulfonamides is 1. The summed E-state index contributed by atoms with van der Waals surface area (Å²) in [5.74, 6) is -1.66. The zero-order valence-electron chi connectivity index (χ0n) is 23.7. The molecule has 0 aliphatic carbocycles. The molecule has 2 saturated heterocycles. The average molecular weight is 595 g/mol. The molecule has 0 saturated carbocycles. The van der Waals surface area contributed by atoms with Crippen LogP contribution < -0.4 is 4.90 Å². The summed E-state index contributed by atoms with van der Waals surface area (Å²) in [6, 6.07) is 19.0. The van der Waals surface area contributed by atoms with E-state index in [-0.39, 0.29) is 37.2 Å². The van der Waals surface area contributed by atoms with Crippen molar-refractivity contribution in [3.63, 3.8) is 0 Å². The summed E-state index contributed by atoms with van der Waals surface area (Å²) >= 11 is 0. The molecule has 2 aliphatic heterocycles. The molecule has 0 N–H and O–H groups in total. The van der Waals surface area contributed by atoms with E-state index in [4.69, 9.17) is 4.74 Å². The van der Waals surface area contributed by atoms with Gasteiger partial charge in [-0.25, -0.2) is 27.5 Å². The van der Waals surface area contributed by atoms with Crippen molar-refractivity contribution in [2.45, 2.75) is 26.3 Å². The molecule has 42 heavy (non-hydrogen) atoms. The number of nitrogens with zero attached hydrogens (tertiary/aromatic N) is 4. The number of anilines is 1. The third kappa shape index (κ3) is 6.63. The van der Waals surface area contributed by atoms with Gasteiger partial charge in [0, 0.05) is 37.9 Å². The lowest BCUT2D eigenvalue weighted by molar-refractivity contribution is -0.134. The Balaban J connectivity index is 1.22. The topological polar surface area (TPSA) is 100 Å². The summed E-state index contributed by atoms with van der Waals surface area (Å²) in [5.41, 5.74) is 2.68. The third-order valence-corrected chi connectivity index (χ3v) is 9.84. The molecule has 9 nitrogen and oxygen atoms in total. The first-order valence-electron chi connectivity index (χ1n) is 14.1. The number of ether oxygens (including phenoxy) is 1. The molecule has 5 rings (SSSR count). The Morgan fingerprint density at radius 1 is 0.976 bits per heavy atom. The van der Waals surface area contributed by atoms with E-state index in [1.165, 1.54) is 16.4 Å². The van der Waals surface area contributed by atoms with Crippen molar-refractivity contribution in [1.82, 2.24) is 14.2 Å². The molecule has 0 bridgehead atoms. The highest BCUT2D eigenvalue weighted by Gasteiger charge is 2.43. The van der Waals surface area contributed by atoms with Crippen LogP contribution in [0, 0.1) is 17.7 Å². The summed E-state index contributed by atoms with van der Waals surface area (Å²) in [4.78, 5) is 33.9. The van der Waals surface area contributed by atoms with Gasteiger partial charge >= 0.3 is 6.09 Å². The number of aromatic nitrogens is 1. The van der Waals surface area contributed by atoms with E-state index in [0.717, 1.165) is 27.4 Å². The van der Waals surface area contributed by atoms with Crippen LogP contribution >= 0.6 is 0 Å². The monoisotopic (exact) mass is 594 g/mol. The molecule has 222 valence electrons. The second-order valence-electron chi connectivity index (χ2n) is 11.1. The second kappa shape index (κ2) is 12.6. The van der Waals surface area contributed by atoms with Crippen LogP contribution in [0.2, 0.25) is 0 Å². The van der Waals surface area contributed by atoms with Crippen molar-refractivity contribution in [2.24, 2.45) is 11.8 Å². The number of halogens is 1. The minimum atomic E-state index is -3.79. The number of imide groups is 1. The molecule has 3 aromatic rings. The van der Waals surface area contributed by atoms with Gasteiger partial charge in [-0.05, 0) is 47.7 Å². The van der Waals surface area contributed by atoms with Crippen LogP contribution in [0.4, 0.5) is 15.0 Å². The van der Waals surface area contributed by atoms with E-state index < -0.39 is 34.0 Å². The Bertz CT molecular complexity index is 1490. The van der Waals surface area contributed by atoms with E-state index in [2.05, 4.69) is 4.98 Å². The first-order chi connectivity index (χ1) is 20.1. The zero-order chi connectivity index (χ0) is 29.9. The molecule has 11 heteroatoms. The summed E-state index contributed by atoms with van der Waals surface area (Å²) in [6.45, 7) is 5.07. The van der Waals surface area contributed by atoms with Gasteiger partial charge in [-0.1, -0.05) is 56.3 Å². The van der Waals surface area contributed by atoms with Gasteiger partial charge in [-0.15, -0.1) is 0 Å². The number of hydrogen-bond donors (Lipinski definition) is 0. The van der Waals surface area contributed by atoms with Gasteiger partial charge in [-0.2, -0.15) is 4.31 Å². The van der Waals surface area contributed by atoms with Crippen LogP contribution in [0.5, 0.6) is 0 Å². The quantitative estimate of drug-likeness (QED) is 0.366. The van der Waals surface area contributed by atoms with Crippen LogP contribution in [0.3, 0.4) is 0 Å². The summed E-state index contributed by atoms with van der Waals surface area (Å²) in [5, 5.41) is 0. The Labute approximate surface area is 246 Å². The number of pyridine rings is 1. The fourth-order valence-corrected chi connectivity index (χ4v) is 7.32. The lowest BCUT2D eigenvalue weighted by atomic mass is 9.95. The molecular weight excluding hydrogens is 559 g/mol. The standard InChI is InChI=1S/C31H35FN4O5S/c1-22(2)28(30(37)36-27(20-41-31(36)38)18-23-6-4-3-5-7-23)21-42(39,40)35-16-14-34(15-17-35)29-13-10-25(19-33-29)24-8-11-26(32)12-9-24/h3-13,19,22,27-28H,14-18,20-21H2,1-2H3/t27?,28-/m1/s1. The minimum absolute atomic E-state index is 0.0813. The Kier molecular flexibility index (Phi) is 8.88. The number of amides is 2. The zero-order valence-corrected chi connectivity index (χ0v) is 24.5. The van der Waals surface area contributed by atoms with Gasteiger partial charge in [0.1, 0.15) is 18.2 Å². The molecule has 2 aliphatic rings. The number of hydrogen-bond acceptors (Lipinski definition) is 7. The van der Waals surface area contributed by atoms with Crippen molar-refractivity contribution >= 4 is 27.8 Å². The predicted molar refractivity (Wildman–Crippen MR) is 158 cm³/mol. The highest BCUT2D eigenvalue weighted by Crippen LogP contribution is 2.27. The number of carbonyl (C=O) groups excluding carboxylic acids is 2. The fraction of sp³-hybridized carbons (Fsp3) is 0.387. The van der Waals surface area contributed by atoms with Crippen LogP contribution in [-0.2, 0) is 26.0 Å². The van der Waals surface area contributed by atoms with Crippen molar-refractivity contribution in [2.75, 3.05) is 43.4 Å². The van der Waals surface area contributed by atoms with Gasteiger partial charge in [0.2, 0.25) is 15.9 Å². The lowest BCUT2D eigenvalue weighted by Gasteiger charge is -2.36. The highest BCUT2D eigenvalue weighted by atomic mass is 32.2. The maximum absolute atomic E-state index is 13.6. The SMILES string of the molecule is CC(C)[C@@H](CS(=O)(=O)N1CCN(c2ccc(-c3ccc(F)cc3)cn2)CC1)C(=O)N1C(=O)OCC1Cc1ccccc1. The maximum Gasteiger partial charge on any atom is 0.416 e. The number of cyclic esters (lactones) is 1. The molecule has 2 fully saturated rings. The number of rotatable bonds is 9. The number of carbonyl (C=O) groups is 2. The fourth-order valence-electron chi connectivity index (χ4n) is 5.41. The van der Waals surface area contributed by atoms with Gasteiger partial charge in [-0.3, -0.25) is 4.79 Å². The first kappa shape index (κ1) is 29.7. The van der Waals surface area contributed by atoms with Crippen molar-refractivity contribution < 1.29 is 27.1 Å². The lowest BCUT2D eigenvalue weighted by Crippen LogP contribution is -2.52. The van der Waals surface area contributed by atoms with E-state index in [0.29, 0.717) is 19.5 Å². The van der Waals surface area contributed by atoms with E-state index in [9.17, 15) is 22.4 Å². The van der Waals surface area contributed by atoms with Gasteiger partial charge < -0.3 is 9.64 Å². The smallest absolute Gasteiger partial charge is 0.416 e. The molecule has 2 amide bonds. The van der Waals surface area contributed by atoms with E-state index in [1.54, 1.807) is 32.2 Å². The summed E-state index contributed by atoms with van der Waals surface area (Å²) in [6.07, 6.45) is 1.44.